The molecule has 13 heteroatoms. The number of guanidine groups is 1. The summed E-state index contributed by atoms with van der Waals surface area (Å²) in [4.78, 5) is 21.1. The first-order chi connectivity index (χ1) is 17.9. The molecular weight excluding hydrogens is 542 g/mol. The van der Waals surface area contributed by atoms with Crippen molar-refractivity contribution in [3.05, 3.63) is 63.6 Å². The van der Waals surface area contributed by atoms with Crippen molar-refractivity contribution in [3.8, 4) is 23.8 Å². The summed E-state index contributed by atoms with van der Waals surface area (Å²) in [5.41, 5.74) is 13.9. The molecule has 0 saturated heterocycles. The van der Waals surface area contributed by atoms with Crippen LogP contribution in [0.25, 0.3) is 0 Å². The number of para-hydroxylation sites is 1. The Morgan fingerprint density at radius 1 is 1.24 bits per heavy atom. The van der Waals surface area contributed by atoms with Crippen molar-refractivity contribution in [1.29, 1.82) is 10.5 Å². The van der Waals surface area contributed by atoms with Gasteiger partial charge in [0.25, 0.3) is 5.91 Å². The van der Waals surface area contributed by atoms with Crippen LogP contribution >= 0.6 is 15.9 Å². The summed E-state index contributed by atoms with van der Waals surface area (Å²) in [6.07, 6.45) is 1.80. The number of pyridine rings is 1. The summed E-state index contributed by atoms with van der Waals surface area (Å²) in [5, 5.41) is 26.7. The third-order valence-corrected chi connectivity index (χ3v) is 5.92. The Hall–Kier alpha value is -5.01. The molecule has 1 aromatic heterocycles. The zero-order chi connectivity index (χ0) is 26.5. The normalized spacial score (nSPS) is 13.6. The van der Waals surface area contributed by atoms with Gasteiger partial charge in [-0.2, -0.15) is 10.5 Å². The Balaban J connectivity index is 1.69. The number of amides is 1. The van der Waals surface area contributed by atoms with Crippen LogP contribution in [0.15, 0.2) is 51.9 Å². The topological polar surface area (TPSA) is 196 Å². The third kappa shape index (κ3) is 5.17. The second kappa shape index (κ2) is 10.7. The Kier molecular flexibility index (Phi) is 7.27. The SMILES string of the molecule is COc1cc(C2N=C(NC#N)Nc3nc(N)c(C#N)c(N)c32)cc(Br)c1OCC(=O)Nc1ccccc1. The van der Waals surface area contributed by atoms with Crippen molar-refractivity contribution in [1.82, 2.24) is 10.3 Å². The van der Waals surface area contributed by atoms with Crippen LogP contribution in [0.2, 0.25) is 0 Å². The highest BCUT2D eigenvalue weighted by atomic mass is 79.9. The predicted octanol–water partition coefficient (Wildman–Crippen LogP) is 2.85. The van der Waals surface area contributed by atoms with E-state index in [9.17, 15) is 10.1 Å². The number of halogens is 1. The molecule has 37 heavy (non-hydrogen) atoms. The number of nitrogens with two attached hydrogens (primary N) is 2. The predicted molar refractivity (Wildman–Crippen MR) is 141 cm³/mol. The average molecular weight is 562 g/mol. The van der Waals surface area contributed by atoms with Gasteiger partial charge in [-0.3, -0.25) is 10.1 Å². The van der Waals surface area contributed by atoms with Crippen LogP contribution in [0.5, 0.6) is 11.5 Å². The number of aromatic nitrogens is 1. The van der Waals surface area contributed by atoms with Crippen molar-refractivity contribution >= 4 is 50.8 Å². The smallest absolute Gasteiger partial charge is 0.262 e. The quantitative estimate of drug-likeness (QED) is 0.220. The summed E-state index contributed by atoms with van der Waals surface area (Å²) >= 11 is 3.48. The van der Waals surface area contributed by atoms with Gasteiger partial charge in [0.15, 0.2) is 24.3 Å². The largest absolute Gasteiger partial charge is 0.493 e. The van der Waals surface area contributed by atoms with Gasteiger partial charge in [0.1, 0.15) is 29.3 Å². The molecule has 1 unspecified atom stereocenters. The number of fused-ring (bicyclic) bond motifs is 1. The van der Waals surface area contributed by atoms with E-state index in [-0.39, 0.29) is 41.4 Å². The van der Waals surface area contributed by atoms with Gasteiger partial charge >= 0.3 is 0 Å². The van der Waals surface area contributed by atoms with Crippen LogP contribution in [0, 0.1) is 22.8 Å². The van der Waals surface area contributed by atoms with E-state index in [1.807, 2.05) is 24.3 Å². The lowest BCUT2D eigenvalue weighted by molar-refractivity contribution is -0.118. The first kappa shape index (κ1) is 25.1. The van der Waals surface area contributed by atoms with Crippen LogP contribution in [0.3, 0.4) is 0 Å². The van der Waals surface area contributed by atoms with Crippen molar-refractivity contribution < 1.29 is 14.3 Å². The maximum Gasteiger partial charge on any atom is 0.262 e. The van der Waals surface area contributed by atoms with Crippen LogP contribution in [0.1, 0.15) is 22.7 Å². The molecule has 7 N–H and O–H groups in total. The van der Waals surface area contributed by atoms with E-state index < -0.39 is 6.04 Å². The molecule has 0 fully saturated rings. The van der Waals surface area contributed by atoms with Gasteiger partial charge in [0.2, 0.25) is 5.96 Å². The number of carbonyl (C=O) groups excluding carboxylic acids is 1. The highest BCUT2D eigenvalue weighted by Crippen LogP contribution is 2.45. The van der Waals surface area contributed by atoms with Crippen molar-refractivity contribution in [2.75, 3.05) is 35.8 Å². The number of rotatable bonds is 6. The minimum atomic E-state index is -0.784. The van der Waals surface area contributed by atoms with E-state index in [4.69, 9.17) is 26.2 Å². The molecule has 1 amide bonds. The highest BCUT2D eigenvalue weighted by Gasteiger charge is 2.31. The van der Waals surface area contributed by atoms with Gasteiger partial charge < -0.3 is 31.6 Å². The molecule has 1 aliphatic rings. The molecule has 0 radical (unpaired) electrons. The van der Waals surface area contributed by atoms with Gasteiger partial charge in [0.05, 0.1) is 17.3 Å². The van der Waals surface area contributed by atoms with Gasteiger partial charge in [-0.1, -0.05) is 18.2 Å². The van der Waals surface area contributed by atoms with Gasteiger partial charge in [-0.15, -0.1) is 0 Å². The fourth-order valence-electron chi connectivity index (χ4n) is 3.72. The Bertz CT molecular complexity index is 1480. The van der Waals surface area contributed by atoms with Gasteiger partial charge in [-0.05, 0) is 45.8 Å². The number of hydrogen-bond donors (Lipinski definition) is 5. The summed E-state index contributed by atoms with van der Waals surface area (Å²) in [7, 11) is 1.45. The molecule has 3 aromatic rings. The second-order valence-corrected chi connectivity index (χ2v) is 8.49. The number of nitriles is 2. The minimum Gasteiger partial charge on any atom is -0.493 e. The Labute approximate surface area is 220 Å². The third-order valence-electron chi connectivity index (χ3n) is 5.33. The first-order valence-electron chi connectivity index (χ1n) is 10.7. The van der Waals surface area contributed by atoms with Crippen molar-refractivity contribution in [2.24, 2.45) is 4.99 Å². The van der Waals surface area contributed by atoms with Gasteiger partial charge in [-0.25, -0.2) is 9.98 Å². The molecular formula is C24H20BrN9O3. The lowest BCUT2D eigenvalue weighted by Gasteiger charge is -2.27. The van der Waals surface area contributed by atoms with Crippen LogP contribution < -0.4 is 36.9 Å². The molecule has 4 rings (SSSR count). The first-order valence-corrected chi connectivity index (χ1v) is 11.5. The molecule has 12 nitrogen and oxygen atoms in total. The molecule has 0 aliphatic carbocycles. The van der Waals surface area contributed by atoms with Crippen LogP contribution in [-0.2, 0) is 4.79 Å². The number of nitrogen functional groups attached to an aromatic ring is 2. The molecule has 186 valence electrons. The highest BCUT2D eigenvalue weighted by molar-refractivity contribution is 9.10. The van der Waals surface area contributed by atoms with Gasteiger partial charge in [0, 0.05) is 11.3 Å². The fourth-order valence-corrected chi connectivity index (χ4v) is 4.29. The number of nitrogens with one attached hydrogen (secondary N) is 3. The molecule has 0 spiro atoms. The molecule has 2 aromatic carbocycles. The molecule has 2 heterocycles. The number of nitrogens with zero attached hydrogens (tertiary/aromatic N) is 4. The van der Waals surface area contributed by atoms with E-state index in [1.165, 1.54) is 7.11 Å². The van der Waals surface area contributed by atoms with E-state index in [0.29, 0.717) is 32.8 Å². The number of anilines is 4. The van der Waals surface area contributed by atoms with Crippen molar-refractivity contribution in [2.45, 2.75) is 6.04 Å². The Morgan fingerprint density at radius 3 is 2.68 bits per heavy atom. The zero-order valence-corrected chi connectivity index (χ0v) is 21.0. The number of carbonyl (C=O) groups is 1. The maximum absolute atomic E-state index is 12.4. The molecule has 0 saturated carbocycles. The number of ether oxygens (including phenoxy) is 2. The second-order valence-electron chi connectivity index (χ2n) is 7.64. The molecule has 1 atom stereocenters. The van der Waals surface area contributed by atoms with E-state index in [1.54, 1.807) is 30.5 Å². The summed E-state index contributed by atoms with van der Waals surface area (Å²) in [5.74, 6) is 0.561. The lowest BCUT2D eigenvalue weighted by Crippen LogP contribution is -2.32. The van der Waals surface area contributed by atoms with E-state index >= 15 is 0 Å². The minimum absolute atomic E-state index is 0.0212. The Morgan fingerprint density at radius 2 is 2.00 bits per heavy atom. The average Bonchev–Trinajstić information content (AvgIpc) is 2.88. The van der Waals surface area contributed by atoms with Crippen LogP contribution in [-0.4, -0.2) is 30.6 Å². The summed E-state index contributed by atoms with van der Waals surface area (Å²) in [6.45, 7) is -0.268. The molecule has 0 bridgehead atoms. The van der Waals surface area contributed by atoms with Crippen molar-refractivity contribution in [3.63, 3.8) is 0 Å². The number of benzene rings is 2. The number of aliphatic imine (C=N–C) groups is 1. The summed E-state index contributed by atoms with van der Waals surface area (Å²) in [6, 6.07) is 13.5. The number of methoxy groups -OCH3 is 1. The molecule has 1 aliphatic heterocycles. The monoisotopic (exact) mass is 561 g/mol. The summed E-state index contributed by atoms with van der Waals surface area (Å²) < 4.78 is 11.8. The number of hydrogen-bond acceptors (Lipinski definition) is 11. The van der Waals surface area contributed by atoms with E-state index in [0.717, 1.165) is 0 Å². The lowest BCUT2D eigenvalue weighted by atomic mass is 9.95. The van der Waals surface area contributed by atoms with Crippen LogP contribution in [0.4, 0.5) is 23.0 Å². The zero-order valence-electron chi connectivity index (χ0n) is 19.4. The fraction of sp³-hybridized carbons (Fsp3) is 0.125. The maximum atomic E-state index is 12.4. The standard InChI is InChI=1S/C24H20BrN9O3/c1-36-16-8-12(7-15(25)21(16)37-10-17(35)31-13-5-3-2-4-6-13)20-18-19(28)14(9-26)22(29)33-23(18)34-24(32-20)30-11-27/h2-8,20H,10H2,1H3,(H,31,35)(H6,28,29,30,32,33,34). The van der Waals surface area contributed by atoms with E-state index in [2.05, 4.69) is 41.9 Å².